The first-order valence-electron chi connectivity index (χ1n) is 12.3. The predicted octanol–water partition coefficient (Wildman–Crippen LogP) is 5.59. The molecule has 41 heavy (non-hydrogen) atoms. The molecule has 220 valence electrons. The molecule has 1 fully saturated rings. The number of fused-ring (bicyclic) bond motifs is 1. The maximum absolute atomic E-state index is 10.6. The molecule has 0 saturated heterocycles. The van der Waals surface area contributed by atoms with Crippen molar-refractivity contribution in [1.82, 2.24) is 34.3 Å². The van der Waals surface area contributed by atoms with Crippen LogP contribution in [0.25, 0.3) is 10.9 Å². The maximum atomic E-state index is 10.6. The average Bonchev–Trinajstić information content (AvgIpc) is 3.48. The highest BCUT2D eigenvalue weighted by Gasteiger charge is 2.38. The van der Waals surface area contributed by atoms with Gasteiger partial charge in [0.05, 0.1) is 26.6 Å². The fraction of sp³-hybridized carbons (Fsp3) is 0.417. The summed E-state index contributed by atoms with van der Waals surface area (Å²) in [4.78, 5) is 27.0. The molecule has 2 atom stereocenters. The van der Waals surface area contributed by atoms with Gasteiger partial charge in [0.1, 0.15) is 24.3 Å². The Morgan fingerprint density at radius 3 is 2.54 bits per heavy atom. The smallest absolute Gasteiger partial charge is 0.475 e. The molecule has 2 unspecified atom stereocenters. The van der Waals surface area contributed by atoms with Gasteiger partial charge in [-0.15, -0.1) is 0 Å². The maximum Gasteiger partial charge on any atom is 0.490 e. The van der Waals surface area contributed by atoms with E-state index < -0.39 is 12.1 Å². The number of hydrogen-bond acceptors (Lipinski definition) is 8. The van der Waals surface area contributed by atoms with E-state index in [1.54, 1.807) is 11.0 Å². The molecule has 1 aliphatic carbocycles. The van der Waals surface area contributed by atoms with Crippen molar-refractivity contribution in [3.8, 4) is 0 Å². The minimum Gasteiger partial charge on any atom is -0.475 e. The highest BCUT2D eigenvalue weighted by atomic mass is 79.9. The van der Waals surface area contributed by atoms with Gasteiger partial charge in [-0.1, -0.05) is 23.2 Å². The number of anilines is 2. The summed E-state index contributed by atoms with van der Waals surface area (Å²) in [5.74, 6) is 0.00395. The molecule has 1 saturated carbocycles. The van der Waals surface area contributed by atoms with Crippen LogP contribution in [-0.4, -0.2) is 63.6 Å². The van der Waals surface area contributed by atoms with Crippen LogP contribution in [0, 0.1) is 5.92 Å². The van der Waals surface area contributed by atoms with Gasteiger partial charge in [0.2, 0.25) is 5.95 Å². The lowest BCUT2D eigenvalue weighted by Gasteiger charge is -2.21. The monoisotopic (exact) mass is 677 g/mol. The molecule has 1 aromatic carbocycles. The van der Waals surface area contributed by atoms with Gasteiger partial charge in [-0.25, -0.2) is 19.7 Å². The number of aryl methyl sites for hydroxylation is 1. The zero-order valence-corrected chi connectivity index (χ0v) is 24.8. The number of halogens is 6. The zero-order valence-electron chi connectivity index (χ0n) is 21.7. The van der Waals surface area contributed by atoms with Crippen molar-refractivity contribution in [3.63, 3.8) is 0 Å². The zero-order chi connectivity index (χ0) is 29.9. The van der Waals surface area contributed by atoms with E-state index >= 15 is 0 Å². The second-order valence-electron chi connectivity index (χ2n) is 9.49. The van der Waals surface area contributed by atoms with Crippen molar-refractivity contribution in [2.45, 2.75) is 51.0 Å². The van der Waals surface area contributed by atoms with E-state index in [0.717, 1.165) is 17.6 Å². The lowest BCUT2D eigenvalue weighted by atomic mass is 10.1. The van der Waals surface area contributed by atoms with E-state index in [0.29, 0.717) is 44.3 Å². The van der Waals surface area contributed by atoms with Gasteiger partial charge in [0.15, 0.2) is 0 Å². The molecule has 0 aliphatic heterocycles. The van der Waals surface area contributed by atoms with Crippen molar-refractivity contribution in [2.75, 3.05) is 10.6 Å². The van der Waals surface area contributed by atoms with Gasteiger partial charge in [0.25, 0.3) is 0 Å². The Morgan fingerprint density at radius 2 is 1.98 bits per heavy atom. The highest BCUT2D eigenvalue weighted by Crippen LogP contribution is 2.40. The summed E-state index contributed by atoms with van der Waals surface area (Å²) in [5.41, 5.74) is 0.623. The van der Waals surface area contributed by atoms with Crippen molar-refractivity contribution >= 4 is 67.8 Å². The fourth-order valence-electron chi connectivity index (χ4n) is 4.02. The molecule has 0 spiro atoms. The van der Waals surface area contributed by atoms with E-state index in [2.05, 4.69) is 48.6 Å². The van der Waals surface area contributed by atoms with Crippen molar-refractivity contribution in [3.05, 3.63) is 51.5 Å². The number of rotatable bonds is 9. The predicted molar refractivity (Wildman–Crippen MR) is 151 cm³/mol. The third kappa shape index (κ3) is 7.98. The summed E-state index contributed by atoms with van der Waals surface area (Å²) in [6.45, 7) is 2.68. The van der Waals surface area contributed by atoms with Crippen LogP contribution in [0.5, 0.6) is 0 Å². The molecule has 3 heterocycles. The topological polar surface area (TPSA) is 136 Å². The van der Waals surface area contributed by atoms with Gasteiger partial charge in [-0.3, -0.25) is 4.68 Å². The Kier molecular flexibility index (Phi) is 9.59. The number of benzene rings is 1. The number of carbonyl (C=O) groups is 1. The van der Waals surface area contributed by atoms with Crippen LogP contribution in [0.1, 0.15) is 25.6 Å². The SMILES string of the molecule is CC(Cn1cncn1)Nc1nc(NC(Cc2nccn2C)C2CC2)nc2c(Cl)c(Br)c(Cl)cc12.O=C(O)C(F)(F)F. The van der Waals surface area contributed by atoms with Gasteiger partial charge in [0, 0.05) is 43.3 Å². The Bertz CT molecular complexity index is 1510. The number of carboxylic acid groups (broad SMARTS) is 1. The summed E-state index contributed by atoms with van der Waals surface area (Å²) in [6, 6.07) is 2.02. The van der Waals surface area contributed by atoms with Crippen LogP contribution in [0.3, 0.4) is 0 Å². The van der Waals surface area contributed by atoms with Crippen LogP contribution in [0.2, 0.25) is 10.0 Å². The molecule has 0 radical (unpaired) electrons. The minimum absolute atomic E-state index is 0.0145. The van der Waals surface area contributed by atoms with E-state index in [1.807, 2.05) is 30.1 Å². The third-order valence-electron chi connectivity index (χ3n) is 6.21. The quantitative estimate of drug-likeness (QED) is 0.194. The molecular weight excluding hydrogens is 654 g/mol. The molecule has 5 rings (SSSR count). The Hall–Kier alpha value is -3.17. The third-order valence-corrected chi connectivity index (χ3v) is 8.16. The van der Waals surface area contributed by atoms with Crippen molar-refractivity contribution in [2.24, 2.45) is 13.0 Å². The van der Waals surface area contributed by atoms with E-state index in [-0.39, 0.29) is 12.1 Å². The molecule has 17 heteroatoms. The number of imidazole rings is 1. The van der Waals surface area contributed by atoms with E-state index in [9.17, 15) is 13.2 Å². The van der Waals surface area contributed by atoms with Gasteiger partial charge in [-0.05, 0) is 47.7 Å². The summed E-state index contributed by atoms with van der Waals surface area (Å²) < 4.78 is 36.2. The van der Waals surface area contributed by atoms with Gasteiger partial charge in [-0.2, -0.15) is 23.3 Å². The summed E-state index contributed by atoms with van der Waals surface area (Å²) in [5, 5.41) is 20.1. The normalized spacial score (nSPS) is 14.7. The van der Waals surface area contributed by atoms with Crippen molar-refractivity contribution in [1.29, 1.82) is 0 Å². The second kappa shape index (κ2) is 12.8. The molecule has 0 amide bonds. The van der Waals surface area contributed by atoms with Crippen LogP contribution in [0.4, 0.5) is 24.9 Å². The molecule has 3 aromatic heterocycles. The van der Waals surface area contributed by atoms with Crippen LogP contribution < -0.4 is 10.6 Å². The first-order valence-corrected chi connectivity index (χ1v) is 13.9. The van der Waals surface area contributed by atoms with Gasteiger partial charge < -0.3 is 20.3 Å². The molecule has 4 aromatic rings. The molecule has 3 N–H and O–H groups in total. The second-order valence-corrected chi connectivity index (χ2v) is 11.1. The Morgan fingerprint density at radius 1 is 1.27 bits per heavy atom. The Balaban J connectivity index is 0.000000493. The molecule has 1 aliphatic rings. The Labute approximate surface area is 250 Å². The highest BCUT2D eigenvalue weighted by molar-refractivity contribution is 9.10. The number of alkyl halides is 3. The number of nitrogens with one attached hydrogen (secondary N) is 2. The molecule has 0 bridgehead atoms. The van der Waals surface area contributed by atoms with Crippen LogP contribution in [-0.2, 0) is 24.8 Å². The van der Waals surface area contributed by atoms with Gasteiger partial charge >= 0.3 is 12.1 Å². The lowest BCUT2D eigenvalue weighted by molar-refractivity contribution is -0.192. The summed E-state index contributed by atoms with van der Waals surface area (Å²) in [6.07, 6.45) is 5.06. The number of nitrogens with zero attached hydrogens (tertiary/aromatic N) is 7. The molecular formula is C24H25BrCl2F3N9O2. The minimum atomic E-state index is -5.08. The van der Waals surface area contributed by atoms with Crippen molar-refractivity contribution < 1.29 is 23.1 Å². The van der Waals surface area contributed by atoms with Crippen LogP contribution >= 0.6 is 39.1 Å². The fourth-order valence-corrected chi connectivity index (χ4v) is 4.82. The number of hydrogen-bond donors (Lipinski definition) is 3. The first kappa shape index (κ1) is 30.8. The summed E-state index contributed by atoms with van der Waals surface area (Å²) in [7, 11) is 2.01. The number of carboxylic acids is 1. The first-order chi connectivity index (χ1) is 19.3. The number of aliphatic carboxylic acids is 1. The molecule has 11 nitrogen and oxygen atoms in total. The van der Waals surface area contributed by atoms with Crippen LogP contribution in [0.15, 0.2) is 35.6 Å². The largest absolute Gasteiger partial charge is 0.490 e. The standard InChI is InChI=1S/C22H24BrCl2N9.C2HF3O2/c1-12(9-34-11-26-10-28-34)29-21-14-7-15(24)18(23)19(25)20(14)31-22(32-21)30-16(13-3-4-13)8-17-27-5-6-33(17)2;3-2(4,5)1(6)7/h5-7,10-13,16H,3-4,8-9H2,1-2H3,(H2,29,30,31,32);(H,6,7). The number of aromatic nitrogens is 7. The van der Waals surface area contributed by atoms with E-state index in [1.165, 1.54) is 19.2 Å². The average molecular weight is 679 g/mol. The van der Waals surface area contributed by atoms with E-state index in [4.69, 9.17) is 43.1 Å². The summed E-state index contributed by atoms with van der Waals surface area (Å²) >= 11 is 16.6. The lowest BCUT2D eigenvalue weighted by Crippen LogP contribution is -2.28.